The second-order valence-corrected chi connectivity index (χ2v) is 3.95. The lowest BCUT2D eigenvalue weighted by Gasteiger charge is -2.29. The molecule has 0 heterocycles. The largest absolute Gasteiger partial charge is 0.395 e. The van der Waals surface area contributed by atoms with Gasteiger partial charge in [-0.25, -0.2) is 0 Å². The molecule has 0 aromatic carbocycles. The minimum atomic E-state index is -0.463. The molecule has 2 N–H and O–H groups in total. The molecule has 0 bridgehead atoms. The van der Waals surface area contributed by atoms with E-state index in [4.69, 9.17) is 10.4 Å². The summed E-state index contributed by atoms with van der Waals surface area (Å²) >= 11 is 0. The SMILES string of the molecule is CC1(C(C)(C#N)NCCO)CC1. The molecule has 3 nitrogen and oxygen atoms in total. The van der Waals surface area contributed by atoms with Gasteiger partial charge in [-0.15, -0.1) is 0 Å². The summed E-state index contributed by atoms with van der Waals surface area (Å²) in [6.07, 6.45) is 2.21. The number of β-amino-alcohol motifs (C(OH)–C–C–N with tert-alkyl or cyclic N) is 1. The van der Waals surface area contributed by atoms with E-state index in [0.29, 0.717) is 6.54 Å². The summed E-state index contributed by atoms with van der Waals surface area (Å²) in [6, 6.07) is 2.29. The third-order valence-electron chi connectivity index (χ3n) is 3.02. The first-order chi connectivity index (χ1) is 5.58. The molecule has 3 heteroatoms. The van der Waals surface area contributed by atoms with E-state index < -0.39 is 5.54 Å². The normalized spacial score (nSPS) is 24.2. The number of hydrogen-bond donors (Lipinski definition) is 2. The van der Waals surface area contributed by atoms with Crippen molar-refractivity contribution in [1.82, 2.24) is 5.32 Å². The molecule has 0 aliphatic heterocycles. The van der Waals surface area contributed by atoms with Gasteiger partial charge in [0.15, 0.2) is 0 Å². The second kappa shape index (κ2) is 3.04. The summed E-state index contributed by atoms with van der Waals surface area (Å²) in [5.41, 5.74) is -0.341. The number of nitrogens with one attached hydrogen (secondary N) is 1. The third-order valence-corrected chi connectivity index (χ3v) is 3.02. The number of aliphatic hydroxyl groups is 1. The molecule has 1 aliphatic carbocycles. The first-order valence-corrected chi connectivity index (χ1v) is 4.35. The molecule has 0 amide bonds. The number of nitriles is 1. The summed E-state index contributed by atoms with van der Waals surface area (Å²) in [5, 5.41) is 20.7. The van der Waals surface area contributed by atoms with Crippen molar-refractivity contribution < 1.29 is 5.11 Å². The number of aliphatic hydroxyl groups excluding tert-OH is 1. The Morgan fingerprint density at radius 2 is 2.25 bits per heavy atom. The highest BCUT2D eigenvalue weighted by atomic mass is 16.3. The Labute approximate surface area is 73.4 Å². The van der Waals surface area contributed by atoms with Crippen LogP contribution in [0.25, 0.3) is 0 Å². The van der Waals surface area contributed by atoms with E-state index in [1.807, 2.05) is 6.92 Å². The van der Waals surface area contributed by atoms with Gasteiger partial charge in [-0.1, -0.05) is 6.92 Å². The molecular weight excluding hydrogens is 152 g/mol. The molecule has 0 aromatic heterocycles. The predicted molar refractivity (Wildman–Crippen MR) is 46.4 cm³/mol. The molecule has 68 valence electrons. The van der Waals surface area contributed by atoms with Crippen LogP contribution in [0.4, 0.5) is 0 Å². The highest BCUT2D eigenvalue weighted by Crippen LogP contribution is 2.53. The van der Waals surface area contributed by atoms with Crippen LogP contribution >= 0.6 is 0 Å². The van der Waals surface area contributed by atoms with Crippen LogP contribution in [-0.2, 0) is 0 Å². The average Bonchev–Trinajstić information content (AvgIpc) is 2.81. The highest BCUT2D eigenvalue weighted by Gasteiger charge is 2.53. The van der Waals surface area contributed by atoms with Crippen molar-refractivity contribution in [3.63, 3.8) is 0 Å². The monoisotopic (exact) mass is 168 g/mol. The van der Waals surface area contributed by atoms with Gasteiger partial charge in [0.25, 0.3) is 0 Å². The molecular formula is C9H16N2O. The molecule has 0 radical (unpaired) electrons. The zero-order valence-corrected chi connectivity index (χ0v) is 7.72. The van der Waals surface area contributed by atoms with E-state index in [0.717, 1.165) is 12.8 Å². The van der Waals surface area contributed by atoms with Gasteiger partial charge in [-0.05, 0) is 25.2 Å². The third kappa shape index (κ3) is 1.45. The maximum Gasteiger partial charge on any atom is 0.109 e. The second-order valence-electron chi connectivity index (χ2n) is 3.95. The lowest BCUT2D eigenvalue weighted by atomic mass is 9.85. The van der Waals surface area contributed by atoms with Crippen molar-refractivity contribution in [2.75, 3.05) is 13.2 Å². The molecule has 0 spiro atoms. The van der Waals surface area contributed by atoms with Crippen molar-refractivity contribution in [3.05, 3.63) is 0 Å². The fourth-order valence-corrected chi connectivity index (χ4v) is 1.38. The zero-order chi connectivity index (χ0) is 9.24. The van der Waals surface area contributed by atoms with Gasteiger partial charge < -0.3 is 5.11 Å². The Balaban J connectivity index is 2.58. The van der Waals surface area contributed by atoms with E-state index in [1.165, 1.54) is 0 Å². The maximum absolute atomic E-state index is 8.99. The van der Waals surface area contributed by atoms with E-state index in [9.17, 15) is 0 Å². The average molecular weight is 168 g/mol. The molecule has 1 rings (SSSR count). The molecule has 1 aliphatic rings. The highest BCUT2D eigenvalue weighted by molar-refractivity contribution is 5.19. The zero-order valence-electron chi connectivity index (χ0n) is 7.72. The van der Waals surface area contributed by atoms with Gasteiger partial charge in [0.05, 0.1) is 12.7 Å². The van der Waals surface area contributed by atoms with Gasteiger partial charge in [0.1, 0.15) is 5.54 Å². The lowest BCUT2D eigenvalue weighted by Crippen LogP contribution is -2.48. The molecule has 1 saturated carbocycles. The van der Waals surface area contributed by atoms with Crippen LogP contribution in [0.5, 0.6) is 0 Å². The van der Waals surface area contributed by atoms with Crippen molar-refractivity contribution in [2.45, 2.75) is 32.2 Å². The summed E-state index contributed by atoms with van der Waals surface area (Å²) in [6.45, 7) is 4.61. The summed E-state index contributed by atoms with van der Waals surface area (Å²) in [4.78, 5) is 0. The van der Waals surface area contributed by atoms with Crippen molar-refractivity contribution in [2.24, 2.45) is 5.41 Å². The standard InChI is InChI=1S/C9H16N2O/c1-8(3-4-8)9(2,7-10)11-5-6-12/h11-12H,3-6H2,1-2H3. The first-order valence-electron chi connectivity index (χ1n) is 4.35. The Hall–Kier alpha value is -0.590. The lowest BCUT2D eigenvalue weighted by molar-refractivity contribution is 0.241. The molecule has 0 aromatic rings. The van der Waals surface area contributed by atoms with E-state index >= 15 is 0 Å². The van der Waals surface area contributed by atoms with Crippen LogP contribution in [0.15, 0.2) is 0 Å². The fourth-order valence-electron chi connectivity index (χ4n) is 1.38. The summed E-state index contributed by atoms with van der Waals surface area (Å²) in [5.74, 6) is 0. The van der Waals surface area contributed by atoms with E-state index in [2.05, 4.69) is 18.3 Å². The Bertz CT molecular complexity index is 205. The summed E-state index contributed by atoms with van der Waals surface area (Å²) < 4.78 is 0. The van der Waals surface area contributed by atoms with Crippen LogP contribution in [0.3, 0.4) is 0 Å². The number of nitrogens with zero attached hydrogens (tertiary/aromatic N) is 1. The topological polar surface area (TPSA) is 56.0 Å². The van der Waals surface area contributed by atoms with Crippen LogP contribution in [0.1, 0.15) is 26.7 Å². The quantitative estimate of drug-likeness (QED) is 0.648. The van der Waals surface area contributed by atoms with Gasteiger partial charge >= 0.3 is 0 Å². The van der Waals surface area contributed by atoms with Gasteiger partial charge in [0, 0.05) is 6.54 Å². The molecule has 12 heavy (non-hydrogen) atoms. The minimum absolute atomic E-state index is 0.0906. The number of hydrogen-bond acceptors (Lipinski definition) is 3. The van der Waals surface area contributed by atoms with Crippen LogP contribution < -0.4 is 5.32 Å². The fraction of sp³-hybridized carbons (Fsp3) is 0.889. The van der Waals surface area contributed by atoms with Crippen LogP contribution in [0, 0.1) is 16.7 Å². The van der Waals surface area contributed by atoms with E-state index in [1.54, 1.807) is 0 Å². The Morgan fingerprint density at radius 3 is 2.58 bits per heavy atom. The molecule has 0 saturated heterocycles. The van der Waals surface area contributed by atoms with Gasteiger partial charge in [-0.3, -0.25) is 5.32 Å². The van der Waals surface area contributed by atoms with E-state index in [-0.39, 0.29) is 12.0 Å². The van der Waals surface area contributed by atoms with Crippen molar-refractivity contribution in [3.8, 4) is 6.07 Å². The first kappa shape index (κ1) is 9.50. The molecule has 1 unspecified atom stereocenters. The smallest absolute Gasteiger partial charge is 0.109 e. The van der Waals surface area contributed by atoms with Crippen LogP contribution in [0.2, 0.25) is 0 Å². The van der Waals surface area contributed by atoms with Crippen molar-refractivity contribution in [1.29, 1.82) is 5.26 Å². The maximum atomic E-state index is 8.99. The van der Waals surface area contributed by atoms with Crippen molar-refractivity contribution >= 4 is 0 Å². The van der Waals surface area contributed by atoms with Crippen LogP contribution in [-0.4, -0.2) is 23.8 Å². The number of rotatable bonds is 4. The van der Waals surface area contributed by atoms with Gasteiger partial charge in [0.2, 0.25) is 0 Å². The predicted octanol–water partition coefficient (Wildman–Crippen LogP) is 0.651. The molecule has 1 fully saturated rings. The van der Waals surface area contributed by atoms with Gasteiger partial charge in [-0.2, -0.15) is 5.26 Å². The Kier molecular flexibility index (Phi) is 2.41. The summed E-state index contributed by atoms with van der Waals surface area (Å²) in [7, 11) is 0. The Morgan fingerprint density at radius 1 is 1.67 bits per heavy atom. The molecule has 1 atom stereocenters. The minimum Gasteiger partial charge on any atom is -0.395 e.